The molecule has 1 saturated heterocycles. The van der Waals surface area contributed by atoms with E-state index < -0.39 is 0 Å². The van der Waals surface area contributed by atoms with E-state index in [4.69, 9.17) is 0 Å². The maximum absolute atomic E-state index is 12.2. The van der Waals surface area contributed by atoms with E-state index >= 15 is 0 Å². The third-order valence-corrected chi connectivity index (χ3v) is 3.70. The van der Waals surface area contributed by atoms with Gasteiger partial charge in [0.15, 0.2) is 0 Å². The van der Waals surface area contributed by atoms with E-state index in [9.17, 15) is 4.79 Å². The first-order chi connectivity index (χ1) is 8.72. The van der Waals surface area contributed by atoms with Gasteiger partial charge in [-0.05, 0) is 19.0 Å². The number of nitrogens with zero attached hydrogens (tertiary/aromatic N) is 1. The van der Waals surface area contributed by atoms with E-state index in [1.807, 2.05) is 24.9 Å². The monoisotopic (exact) mass is 246 g/mol. The van der Waals surface area contributed by atoms with Crippen LogP contribution in [0.1, 0.15) is 24.8 Å². The molecule has 3 heteroatoms. The van der Waals surface area contributed by atoms with Crippen molar-refractivity contribution in [2.45, 2.75) is 19.3 Å². The van der Waals surface area contributed by atoms with E-state index in [0.717, 1.165) is 26.1 Å². The lowest BCUT2D eigenvalue weighted by Gasteiger charge is -2.21. The van der Waals surface area contributed by atoms with Crippen molar-refractivity contribution in [3.63, 3.8) is 0 Å². The van der Waals surface area contributed by atoms with E-state index in [-0.39, 0.29) is 11.8 Å². The molecule has 1 aromatic carbocycles. The predicted molar refractivity (Wildman–Crippen MR) is 73.5 cm³/mol. The molecule has 1 N–H and O–H groups in total. The maximum atomic E-state index is 12.2. The average molecular weight is 246 g/mol. The average Bonchev–Trinajstić information content (AvgIpc) is 2.89. The van der Waals surface area contributed by atoms with Crippen LogP contribution in [-0.4, -0.2) is 37.5 Å². The molecule has 2 unspecified atom stereocenters. The number of carbonyl (C=O) groups is 1. The van der Waals surface area contributed by atoms with Crippen molar-refractivity contribution >= 4 is 5.91 Å². The molecule has 1 aliphatic rings. The van der Waals surface area contributed by atoms with Crippen LogP contribution in [0.2, 0.25) is 0 Å². The molecule has 0 saturated carbocycles. The van der Waals surface area contributed by atoms with Gasteiger partial charge in [-0.25, -0.2) is 0 Å². The van der Waals surface area contributed by atoms with Gasteiger partial charge >= 0.3 is 0 Å². The molecule has 0 radical (unpaired) electrons. The number of amides is 1. The van der Waals surface area contributed by atoms with Crippen LogP contribution in [0.5, 0.6) is 0 Å². The fourth-order valence-electron chi connectivity index (χ4n) is 2.66. The highest BCUT2D eigenvalue weighted by Crippen LogP contribution is 2.27. The largest absolute Gasteiger partial charge is 0.342 e. The summed E-state index contributed by atoms with van der Waals surface area (Å²) in [6, 6.07) is 10.5. The molecule has 2 atom stereocenters. The van der Waals surface area contributed by atoms with Gasteiger partial charge in [0, 0.05) is 31.5 Å². The lowest BCUT2D eigenvalue weighted by Crippen LogP contribution is -2.37. The normalized spacial score (nSPS) is 21.0. The first-order valence-electron chi connectivity index (χ1n) is 6.70. The Hall–Kier alpha value is -1.35. The zero-order valence-corrected chi connectivity index (χ0v) is 11.2. The zero-order chi connectivity index (χ0) is 13.0. The summed E-state index contributed by atoms with van der Waals surface area (Å²) in [6.45, 7) is 4.52. The summed E-state index contributed by atoms with van der Waals surface area (Å²) < 4.78 is 0. The summed E-state index contributed by atoms with van der Waals surface area (Å²) in [6.07, 6.45) is 1.09. The molecule has 1 amide bonds. The lowest BCUT2D eigenvalue weighted by molar-refractivity contribution is -0.133. The van der Waals surface area contributed by atoms with E-state index in [2.05, 4.69) is 29.6 Å². The molecule has 18 heavy (non-hydrogen) atoms. The van der Waals surface area contributed by atoms with Crippen molar-refractivity contribution in [2.75, 3.05) is 26.7 Å². The van der Waals surface area contributed by atoms with Crippen molar-refractivity contribution in [3.8, 4) is 0 Å². The topological polar surface area (TPSA) is 32.3 Å². The molecular formula is C15H22N2O. The van der Waals surface area contributed by atoms with Crippen LogP contribution in [0.25, 0.3) is 0 Å². The van der Waals surface area contributed by atoms with Gasteiger partial charge in [0.2, 0.25) is 5.91 Å². The number of carbonyl (C=O) groups excluding carboxylic acids is 1. The van der Waals surface area contributed by atoms with E-state index in [0.29, 0.717) is 5.92 Å². The summed E-state index contributed by atoms with van der Waals surface area (Å²) >= 11 is 0. The van der Waals surface area contributed by atoms with Crippen molar-refractivity contribution in [2.24, 2.45) is 5.92 Å². The quantitative estimate of drug-likeness (QED) is 0.879. The van der Waals surface area contributed by atoms with Crippen molar-refractivity contribution in [1.82, 2.24) is 10.2 Å². The minimum Gasteiger partial charge on any atom is -0.342 e. The smallest absolute Gasteiger partial charge is 0.226 e. The van der Waals surface area contributed by atoms with Gasteiger partial charge in [-0.1, -0.05) is 37.3 Å². The van der Waals surface area contributed by atoms with Gasteiger partial charge in [-0.3, -0.25) is 4.79 Å². The highest BCUT2D eigenvalue weighted by atomic mass is 16.2. The molecule has 1 fully saturated rings. The molecule has 0 aromatic heterocycles. The van der Waals surface area contributed by atoms with Gasteiger partial charge in [-0.2, -0.15) is 0 Å². The van der Waals surface area contributed by atoms with Crippen molar-refractivity contribution in [3.05, 3.63) is 35.9 Å². The number of nitrogens with one attached hydrogen (secondary N) is 1. The minimum absolute atomic E-state index is 0.0736. The third kappa shape index (κ3) is 2.91. The number of hydrogen-bond donors (Lipinski definition) is 1. The van der Waals surface area contributed by atoms with Gasteiger partial charge in [0.05, 0.1) is 0 Å². The molecule has 1 aliphatic heterocycles. The van der Waals surface area contributed by atoms with E-state index in [1.54, 1.807) is 0 Å². The number of likely N-dealkylation sites (tertiary alicyclic amines) is 1. The highest BCUT2D eigenvalue weighted by molar-refractivity contribution is 5.79. The lowest BCUT2D eigenvalue weighted by atomic mass is 9.99. The van der Waals surface area contributed by atoms with Gasteiger partial charge in [0.25, 0.3) is 0 Å². The fourth-order valence-corrected chi connectivity index (χ4v) is 2.66. The molecule has 2 rings (SSSR count). The van der Waals surface area contributed by atoms with Gasteiger partial charge < -0.3 is 10.2 Å². The summed E-state index contributed by atoms with van der Waals surface area (Å²) in [5, 5.41) is 3.07. The maximum Gasteiger partial charge on any atom is 0.226 e. The van der Waals surface area contributed by atoms with Gasteiger partial charge in [-0.15, -0.1) is 0 Å². The number of rotatable bonds is 4. The highest BCUT2D eigenvalue weighted by Gasteiger charge is 2.29. The van der Waals surface area contributed by atoms with Crippen molar-refractivity contribution < 1.29 is 4.79 Å². The second-order valence-corrected chi connectivity index (χ2v) is 5.14. The van der Waals surface area contributed by atoms with Crippen LogP contribution in [0.15, 0.2) is 30.3 Å². The Labute approximate surface area is 109 Å². The fraction of sp³-hybridized carbons (Fsp3) is 0.533. The van der Waals surface area contributed by atoms with Crippen LogP contribution < -0.4 is 5.32 Å². The van der Waals surface area contributed by atoms with Gasteiger partial charge in [0.1, 0.15) is 0 Å². The standard InChI is InChI=1S/C15H22N2O/c1-12(10-16-2)15(18)17-9-8-14(11-17)13-6-4-3-5-7-13/h3-7,12,14,16H,8-11H2,1-2H3. The Morgan fingerprint density at radius 1 is 1.44 bits per heavy atom. The SMILES string of the molecule is CNCC(C)C(=O)N1CCC(c2ccccc2)C1. The Morgan fingerprint density at radius 2 is 2.17 bits per heavy atom. The van der Waals surface area contributed by atoms with Crippen LogP contribution in [0, 0.1) is 5.92 Å². The van der Waals surface area contributed by atoms with E-state index in [1.165, 1.54) is 5.56 Å². The van der Waals surface area contributed by atoms with Crippen LogP contribution in [0.3, 0.4) is 0 Å². The molecule has 0 aliphatic carbocycles. The molecule has 0 bridgehead atoms. The third-order valence-electron chi connectivity index (χ3n) is 3.70. The molecule has 3 nitrogen and oxygen atoms in total. The Kier molecular flexibility index (Phi) is 4.37. The Balaban J connectivity index is 1.94. The number of benzene rings is 1. The second kappa shape index (κ2) is 6.01. The summed E-state index contributed by atoms with van der Waals surface area (Å²) in [5.41, 5.74) is 1.36. The van der Waals surface area contributed by atoms with Crippen molar-refractivity contribution in [1.29, 1.82) is 0 Å². The molecule has 1 aromatic rings. The summed E-state index contributed by atoms with van der Waals surface area (Å²) in [4.78, 5) is 14.2. The second-order valence-electron chi connectivity index (χ2n) is 5.14. The van der Waals surface area contributed by atoms with Crippen LogP contribution in [0.4, 0.5) is 0 Å². The molecule has 1 heterocycles. The predicted octanol–water partition coefficient (Wildman–Crippen LogP) is 1.86. The summed E-state index contributed by atoms with van der Waals surface area (Å²) in [7, 11) is 1.89. The Bertz CT molecular complexity index is 391. The molecule has 98 valence electrons. The molecule has 0 spiro atoms. The molecular weight excluding hydrogens is 224 g/mol. The van der Waals surface area contributed by atoms with Crippen LogP contribution in [-0.2, 0) is 4.79 Å². The minimum atomic E-state index is 0.0736. The summed E-state index contributed by atoms with van der Waals surface area (Å²) in [5.74, 6) is 0.865. The first kappa shape index (κ1) is 13.1. The Morgan fingerprint density at radius 3 is 2.83 bits per heavy atom. The first-order valence-corrected chi connectivity index (χ1v) is 6.70. The van der Waals surface area contributed by atoms with Crippen LogP contribution >= 0.6 is 0 Å². The number of hydrogen-bond acceptors (Lipinski definition) is 2. The zero-order valence-electron chi connectivity index (χ0n) is 11.2.